The van der Waals surface area contributed by atoms with E-state index >= 15 is 0 Å². The molecule has 2 aromatic heterocycles. The highest BCUT2D eigenvalue weighted by Crippen LogP contribution is 2.31. The molecule has 0 aliphatic rings. The number of hydrogen-bond donors (Lipinski definition) is 0. The van der Waals surface area contributed by atoms with E-state index in [-0.39, 0.29) is 0 Å². The maximum Gasteiger partial charge on any atom is 0.282 e. The number of aromatic nitrogens is 3. The smallest absolute Gasteiger partial charge is 0.282 e. The van der Waals surface area contributed by atoms with E-state index < -0.39 is 0 Å². The molecule has 0 atom stereocenters. The van der Waals surface area contributed by atoms with Gasteiger partial charge in [-0.15, -0.1) is 10.2 Å². The van der Waals surface area contributed by atoms with Crippen molar-refractivity contribution < 1.29 is 4.42 Å². The minimum Gasteiger partial charge on any atom is -0.416 e. The fraction of sp³-hybridized carbons (Fsp3) is 0.125. The lowest BCUT2D eigenvalue weighted by Crippen LogP contribution is -1.82. The minimum absolute atomic E-state index is 0.461. The van der Waals surface area contributed by atoms with Crippen LogP contribution in [0.25, 0.3) is 0 Å². The number of nitrogens with zero attached hydrogens (tertiary/aromatic N) is 3. The molecule has 78 valence electrons. The normalized spacial score (nSPS) is 10.6. The summed E-state index contributed by atoms with van der Waals surface area (Å²) in [5.74, 6) is 0.530. The van der Waals surface area contributed by atoms with Crippen molar-refractivity contribution in [2.24, 2.45) is 0 Å². The molecule has 0 aliphatic heterocycles. The lowest BCUT2D eigenvalue weighted by molar-refractivity contribution is 0.429. The molecule has 0 radical (unpaired) electrons. The highest BCUT2D eigenvalue weighted by atomic mass is 79.9. The Morgan fingerprint density at radius 1 is 1.47 bits per heavy atom. The van der Waals surface area contributed by atoms with Crippen molar-refractivity contribution in [1.29, 1.82) is 0 Å². The molecule has 15 heavy (non-hydrogen) atoms. The molecular formula is C8H5BrClN3OS. The molecule has 7 heteroatoms. The lowest BCUT2D eigenvalue weighted by Gasteiger charge is -1.99. The Bertz CT molecular complexity index is 490. The van der Waals surface area contributed by atoms with E-state index in [4.69, 9.17) is 16.0 Å². The second-order valence-corrected chi connectivity index (χ2v) is 4.86. The molecule has 0 spiro atoms. The van der Waals surface area contributed by atoms with Crippen LogP contribution in [0, 0.1) is 6.92 Å². The Morgan fingerprint density at radius 3 is 2.87 bits per heavy atom. The fourth-order valence-corrected chi connectivity index (χ4v) is 2.43. The summed E-state index contributed by atoms with van der Waals surface area (Å²) in [7, 11) is 0. The van der Waals surface area contributed by atoms with Gasteiger partial charge in [-0.1, -0.05) is 11.6 Å². The van der Waals surface area contributed by atoms with Crippen LogP contribution >= 0.6 is 39.3 Å². The molecule has 0 bridgehead atoms. The van der Waals surface area contributed by atoms with Crippen molar-refractivity contribution in [2.45, 2.75) is 17.2 Å². The van der Waals surface area contributed by atoms with E-state index in [0.29, 0.717) is 16.1 Å². The van der Waals surface area contributed by atoms with Crippen molar-refractivity contribution in [2.75, 3.05) is 0 Å². The third kappa shape index (κ3) is 2.70. The average molecular weight is 307 g/mol. The molecule has 0 N–H and O–H groups in total. The summed E-state index contributed by atoms with van der Waals surface area (Å²) in [5.41, 5.74) is 0. The minimum atomic E-state index is 0.461. The highest BCUT2D eigenvalue weighted by Gasteiger charge is 2.09. The summed E-state index contributed by atoms with van der Waals surface area (Å²) in [6.07, 6.45) is 1.57. The summed E-state index contributed by atoms with van der Waals surface area (Å²) in [6, 6.07) is 1.76. The fourth-order valence-electron chi connectivity index (χ4n) is 0.879. The third-order valence-electron chi connectivity index (χ3n) is 1.47. The number of halogens is 2. The first-order valence-electron chi connectivity index (χ1n) is 3.94. The maximum absolute atomic E-state index is 5.77. The molecule has 2 heterocycles. The van der Waals surface area contributed by atoms with Crippen molar-refractivity contribution in [3.05, 3.63) is 27.6 Å². The summed E-state index contributed by atoms with van der Waals surface area (Å²) in [5, 5.41) is 9.36. The zero-order valence-corrected chi connectivity index (χ0v) is 10.7. The summed E-state index contributed by atoms with van der Waals surface area (Å²) in [6.45, 7) is 1.74. The van der Waals surface area contributed by atoms with Gasteiger partial charge in [-0.05, 0) is 33.8 Å². The van der Waals surface area contributed by atoms with Gasteiger partial charge in [-0.3, -0.25) is 0 Å². The van der Waals surface area contributed by atoms with Gasteiger partial charge in [-0.2, -0.15) is 0 Å². The van der Waals surface area contributed by atoms with Gasteiger partial charge in [0.15, 0.2) is 0 Å². The predicted molar refractivity (Wildman–Crippen MR) is 60.1 cm³/mol. The van der Waals surface area contributed by atoms with Crippen LogP contribution in [0.4, 0.5) is 0 Å². The van der Waals surface area contributed by atoms with E-state index in [1.165, 1.54) is 11.8 Å². The first-order chi connectivity index (χ1) is 7.15. The zero-order valence-electron chi connectivity index (χ0n) is 7.57. The van der Waals surface area contributed by atoms with Crippen LogP contribution in [0.1, 0.15) is 5.89 Å². The van der Waals surface area contributed by atoms with Crippen molar-refractivity contribution in [3.63, 3.8) is 0 Å². The Balaban J connectivity index is 2.24. The summed E-state index contributed by atoms with van der Waals surface area (Å²) < 4.78 is 6.02. The topological polar surface area (TPSA) is 51.8 Å². The van der Waals surface area contributed by atoms with E-state index in [2.05, 4.69) is 31.1 Å². The molecule has 2 aromatic rings. The first kappa shape index (κ1) is 10.9. The number of pyridine rings is 1. The molecule has 0 fully saturated rings. The Morgan fingerprint density at radius 2 is 2.27 bits per heavy atom. The van der Waals surface area contributed by atoms with Crippen molar-refractivity contribution in [1.82, 2.24) is 15.2 Å². The van der Waals surface area contributed by atoms with Gasteiger partial charge in [0, 0.05) is 13.1 Å². The molecular weight excluding hydrogens is 302 g/mol. The molecule has 0 amide bonds. The van der Waals surface area contributed by atoms with E-state index in [1.54, 1.807) is 19.2 Å². The zero-order chi connectivity index (χ0) is 10.8. The van der Waals surface area contributed by atoms with Crippen LogP contribution in [-0.2, 0) is 0 Å². The standard InChI is InChI=1S/C8H5BrClN3OS/c1-4-12-13-8(14-4)15-7-6(9)2-5(10)3-11-7/h2-3H,1H3. The van der Waals surface area contributed by atoms with Crippen LogP contribution in [-0.4, -0.2) is 15.2 Å². The van der Waals surface area contributed by atoms with Crippen molar-refractivity contribution >= 4 is 39.3 Å². The highest BCUT2D eigenvalue weighted by molar-refractivity contribution is 9.10. The quantitative estimate of drug-likeness (QED) is 0.851. The molecule has 0 unspecified atom stereocenters. The van der Waals surface area contributed by atoms with Gasteiger partial charge < -0.3 is 4.42 Å². The van der Waals surface area contributed by atoms with Crippen LogP contribution in [0.15, 0.2) is 31.4 Å². The molecule has 2 rings (SSSR count). The van der Waals surface area contributed by atoms with Crippen LogP contribution in [0.3, 0.4) is 0 Å². The average Bonchev–Trinajstić information content (AvgIpc) is 2.56. The second kappa shape index (κ2) is 4.51. The molecule has 4 nitrogen and oxygen atoms in total. The number of hydrogen-bond acceptors (Lipinski definition) is 5. The Hall–Kier alpha value is -0.590. The Kier molecular flexibility index (Phi) is 3.28. The van der Waals surface area contributed by atoms with E-state index in [1.807, 2.05) is 0 Å². The van der Waals surface area contributed by atoms with Crippen molar-refractivity contribution in [3.8, 4) is 0 Å². The Labute approximate surface area is 104 Å². The van der Waals surface area contributed by atoms with Crippen LogP contribution in [0.2, 0.25) is 5.02 Å². The molecule has 0 saturated carbocycles. The monoisotopic (exact) mass is 305 g/mol. The van der Waals surface area contributed by atoms with E-state index in [9.17, 15) is 0 Å². The maximum atomic E-state index is 5.77. The first-order valence-corrected chi connectivity index (χ1v) is 5.93. The van der Waals surface area contributed by atoms with Crippen LogP contribution < -0.4 is 0 Å². The third-order valence-corrected chi connectivity index (χ3v) is 3.40. The molecule has 0 aliphatic carbocycles. The van der Waals surface area contributed by atoms with E-state index in [0.717, 1.165) is 9.50 Å². The predicted octanol–water partition coefficient (Wildman–Crippen LogP) is 3.34. The van der Waals surface area contributed by atoms with Gasteiger partial charge >= 0.3 is 0 Å². The van der Waals surface area contributed by atoms with Gasteiger partial charge in [0.05, 0.1) is 9.50 Å². The number of rotatable bonds is 2. The summed E-state index contributed by atoms with van der Waals surface area (Å²) >= 11 is 10.4. The van der Waals surface area contributed by atoms with Gasteiger partial charge in [-0.25, -0.2) is 4.98 Å². The lowest BCUT2D eigenvalue weighted by atomic mass is 10.5. The number of aryl methyl sites for hydroxylation is 1. The second-order valence-electron chi connectivity index (χ2n) is 2.63. The summed E-state index contributed by atoms with van der Waals surface area (Å²) in [4.78, 5) is 4.14. The van der Waals surface area contributed by atoms with Gasteiger partial charge in [0.2, 0.25) is 5.89 Å². The molecule has 0 saturated heterocycles. The molecule has 0 aromatic carbocycles. The van der Waals surface area contributed by atoms with Crippen LogP contribution in [0.5, 0.6) is 0 Å². The van der Waals surface area contributed by atoms with Gasteiger partial charge in [0.1, 0.15) is 5.03 Å². The van der Waals surface area contributed by atoms with Gasteiger partial charge in [0.25, 0.3) is 5.22 Å². The largest absolute Gasteiger partial charge is 0.416 e. The SMILES string of the molecule is Cc1nnc(Sc2ncc(Cl)cc2Br)o1.